The summed E-state index contributed by atoms with van der Waals surface area (Å²) in [7, 11) is 0. The fourth-order valence-corrected chi connectivity index (χ4v) is 4.82. The maximum absolute atomic E-state index is 13.3. The zero-order chi connectivity index (χ0) is 19.8. The molecule has 1 aliphatic carbocycles. The molecule has 0 aromatic carbocycles. The molecule has 1 N–H and O–H groups in total. The second-order valence-corrected chi connectivity index (χ2v) is 8.38. The summed E-state index contributed by atoms with van der Waals surface area (Å²) in [5.41, 5.74) is 2.09. The van der Waals surface area contributed by atoms with Crippen molar-refractivity contribution in [2.24, 2.45) is 0 Å². The van der Waals surface area contributed by atoms with Crippen LogP contribution in [0.1, 0.15) is 62.8 Å². The van der Waals surface area contributed by atoms with Gasteiger partial charge in [-0.3, -0.25) is 14.1 Å². The largest absolute Gasteiger partial charge is 0.365 e. The summed E-state index contributed by atoms with van der Waals surface area (Å²) in [6.07, 6.45) is 11.5. The summed E-state index contributed by atoms with van der Waals surface area (Å²) in [4.78, 5) is 27.2. The van der Waals surface area contributed by atoms with Gasteiger partial charge in [-0.05, 0) is 43.4 Å². The van der Waals surface area contributed by atoms with Gasteiger partial charge in [-0.15, -0.1) is 0 Å². The first kappa shape index (κ1) is 18.3. The first-order chi connectivity index (χ1) is 14.2. The summed E-state index contributed by atoms with van der Waals surface area (Å²) in [5, 5.41) is 3.58. The molecule has 0 amide bonds. The predicted octanol–water partition coefficient (Wildman–Crippen LogP) is 3.43. The van der Waals surface area contributed by atoms with Crippen LogP contribution in [0.25, 0.3) is 11.5 Å². The zero-order valence-corrected chi connectivity index (χ0v) is 17.0. The van der Waals surface area contributed by atoms with Gasteiger partial charge < -0.3 is 5.32 Å². The highest BCUT2D eigenvalue weighted by Gasteiger charge is 2.33. The monoisotopic (exact) mass is 392 g/mol. The lowest BCUT2D eigenvalue weighted by molar-refractivity contribution is 0.431. The van der Waals surface area contributed by atoms with Crippen molar-refractivity contribution in [3.63, 3.8) is 0 Å². The number of hydrogen-bond donors (Lipinski definition) is 1. The van der Waals surface area contributed by atoms with Gasteiger partial charge >= 0.3 is 5.69 Å². The lowest BCUT2D eigenvalue weighted by Gasteiger charge is -2.18. The lowest BCUT2D eigenvalue weighted by atomic mass is 9.89. The number of nitrogens with zero attached hydrogens (tertiary/aromatic N) is 5. The topological polar surface area (TPSA) is 77.6 Å². The average molecular weight is 393 g/mol. The third-order valence-electron chi connectivity index (χ3n) is 6.26. The highest BCUT2D eigenvalue weighted by Crippen LogP contribution is 2.36. The van der Waals surface area contributed by atoms with Crippen molar-refractivity contribution in [1.29, 1.82) is 0 Å². The highest BCUT2D eigenvalue weighted by atomic mass is 16.1. The Balaban J connectivity index is 1.54. The van der Waals surface area contributed by atoms with E-state index < -0.39 is 0 Å². The number of imidazole rings is 1. The van der Waals surface area contributed by atoms with Crippen LogP contribution in [-0.4, -0.2) is 30.1 Å². The second-order valence-electron chi connectivity index (χ2n) is 8.38. The van der Waals surface area contributed by atoms with Gasteiger partial charge in [0.1, 0.15) is 17.3 Å². The number of pyridine rings is 1. The fraction of sp³-hybridized carbons (Fsp3) is 0.545. The molecule has 0 spiro atoms. The van der Waals surface area contributed by atoms with Crippen LogP contribution in [0.5, 0.6) is 0 Å². The van der Waals surface area contributed by atoms with E-state index in [1.807, 2.05) is 33.7 Å². The van der Waals surface area contributed by atoms with Crippen LogP contribution in [0.3, 0.4) is 0 Å². The van der Waals surface area contributed by atoms with Gasteiger partial charge in [0.05, 0.1) is 0 Å². The van der Waals surface area contributed by atoms with Crippen molar-refractivity contribution in [2.45, 2.75) is 76.9 Å². The molecule has 1 saturated carbocycles. The maximum Gasteiger partial charge on any atom is 0.331 e. The normalized spacial score (nSPS) is 19.4. The van der Waals surface area contributed by atoms with Crippen LogP contribution in [0.2, 0.25) is 0 Å². The number of rotatable bonds is 5. The van der Waals surface area contributed by atoms with Crippen molar-refractivity contribution in [1.82, 2.24) is 24.1 Å². The van der Waals surface area contributed by atoms with Gasteiger partial charge in [-0.25, -0.2) is 14.8 Å². The predicted molar refractivity (Wildman–Crippen MR) is 112 cm³/mol. The van der Waals surface area contributed by atoms with Gasteiger partial charge in [0.15, 0.2) is 5.82 Å². The van der Waals surface area contributed by atoms with Crippen LogP contribution < -0.4 is 11.0 Å². The first-order valence-electron chi connectivity index (χ1n) is 10.9. The lowest BCUT2D eigenvalue weighted by Crippen LogP contribution is -2.32. The zero-order valence-electron chi connectivity index (χ0n) is 17.0. The van der Waals surface area contributed by atoms with Gasteiger partial charge in [0.2, 0.25) is 0 Å². The number of aromatic nitrogens is 5. The molecule has 3 aliphatic heterocycles. The van der Waals surface area contributed by atoms with E-state index in [1.54, 1.807) is 0 Å². The molecule has 5 rings (SSSR count). The van der Waals surface area contributed by atoms with Crippen LogP contribution in [0.15, 0.2) is 29.3 Å². The number of hydrogen-bond acceptors (Lipinski definition) is 5. The molecule has 1 fully saturated rings. The molecule has 4 heterocycles. The van der Waals surface area contributed by atoms with Crippen molar-refractivity contribution >= 4 is 5.82 Å². The van der Waals surface area contributed by atoms with Crippen molar-refractivity contribution < 1.29 is 0 Å². The van der Waals surface area contributed by atoms with Crippen molar-refractivity contribution in [3.05, 3.63) is 46.4 Å². The Hall–Kier alpha value is -2.70. The van der Waals surface area contributed by atoms with Crippen LogP contribution >= 0.6 is 0 Å². The van der Waals surface area contributed by atoms with Crippen LogP contribution in [0.4, 0.5) is 5.82 Å². The molecule has 1 atom stereocenters. The quantitative estimate of drug-likeness (QED) is 0.720. The van der Waals surface area contributed by atoms with Crippen LogP contribution in [0, 0.1) is 0 Å². The number of fused-ring (bicyclic) bond motifs is 3. The summed E-state index contributed by atoms with van der Waals surface area (Å²) in [6, 6.07) is 4.23. The van der Waals surface area contributed by atoms with E-state index in [-0.39, 0.29) is 11.7 Å². The first-order valence-corrected chi connectivity index (χ1v) is 10.9. The third kappa shape index (κ3) is 3.32. The Morgan fingerprint density at radius 2 is 1.93 bits per heavy atom. The van der Waals surface area contributed by atoms with Crippen molar-refractivity contribution in [3.8, 4) is 11.5 Å². The van der Waals surface area contributed by atoms with Gasteiger partial charge in [0, 0.05) is 37.4 Å². The van der Waals surface area contributed by atoms with E-state index in [4.69, 9.17) is 9.97 Å². The van der Waals surface area contributed by atoms with E-state index in [2.05, 4.69) is 17.2 Å². The number of nitrogens with one attached hydrogen (secondary N) is 1. The Kier molecular flexibility index (Phi) is 4.81. The van der Waals surface area contributed by atoms with Crippen molar-refractivity contribution in [2.75, 3.05) is 5.32 Å². The summed E-state index contributed by atoms with van der Waals surface area (Å²) < 4.78 is 3.69. The second kappa shape index (κ2) is 7.61. The highest BCUT2D eigenvalue weighted by molar-refractivity contribution is 5.70. The molecular weight excluding hydrogens is 364 g/mol. The minimum absolute atomic E-state index is 0.0224. The van der Waals surface area contributed by atoms with E-state index in [1.165, 1.54) is 24.8 Å². The van der Waals surface area contributed by atoms with E-state index in [0.29, 0.717) is 19.0 Å². The maximum atomic E-state index is 13.3. The molecule has 0 radical (unpaired) electrons. The molecule has 29 heavy (non-hydrogen) atoms. The number of anilines is 1. The summed E-state index contributed by atoms with van der Waals surface area (Å²) in [6.45, 7) is 3.42. The SMILES string of the molecule is CCCn1c2nc(C3CCCCC3)nc-2c2n(c1=O)C[C@@H](Cc1ccncc1)N2. The Labute approximate surface area is 170 Å². The Morgan fingerprint density at radius 1 is 1.14 bits per heavy atom. The Morgan fingerprint density at radius 3 is 2.69 bits per heavy atom. The van der Waals surface area contributed by atoms with Crippen LogP contribution in [-0.2, 0) is 19.5 Å². The molecule has 152 valence electrons. The van der Waals surface area contributed by atoms with E-state index in [9.17, 15) is 4.79 Å². The van der Waals surface area contributed by atoms with Gasteiger partial charge in [0.25, 0.3) is 0 Å². The molecular formula is C22H28N6O. The van der Waals surface area contributed by atoms with Gasteiger partial charge in [-0.2, -0.15) is 0 Å². The standard InChI is InChI=1S/C22H28N6O/c1-2-12-27-21-18(25-19(26-21)16-6-4-3-5-7-16)20-24-17(14-28(20)22(27)29)13-15-8-10-23-11-9-15/h8-11,16-17,24H,2-7,12-14H2,1H3/t17-/m1/s1. The molecule has 1 aromatic rings. The van der Waals surface area contributed by atoms with Gasteiger partial charge in [-0.1, -0.05) is 26.2 Å². The minimum Gasteiger partial charge on any atom is -0.365 e. The molecule has 4 aliphatic rings. The molecule has 0 bridgehead atoms. The molecule has 0 unspecified atom stereocenters. The fourth-order valence-electron chi connectivity index (χ4n) is 4.82. The minimum atomic E-state index is 0.0224. The molecule has 1 aromatic heterocycles. The van der Waals surface area contributed by atoms with E-state index in [0.717, 1.165) is 48.8 Å². The summed E-state index contributed by atoms with van der Waals surface area (Å²) in [5.74, 6) is 2.94. The Bertz CT molecular complexity index is 1020. The molecule has 0 saturated heterocycles. The molecule has 7 nitrogen and oxygen atoms in total. The third-order valence-corrected chi connectivity index (χ3v) is 6.26. The average Bonchev–Trinajstić information content (AvgIpc) is 3.37. The summed E-state index contributed by atoms with van der Waals surface area (Å²) >= 11 is 0. The molecule has 7 heteroatoms. The smallest absolute Gasteiger partial charge is 0.331 e. The van der Waals surface area contributed by atoms with E-state index >= 15 is 0 Å².